The maximum Gasteiger partial charge on any atom is 0.225 e. The van der Waals surface area contributed by atoms with E-state index in [9.17, 15) is 4.79 Å². The van der Waals surface area contributed by atoms with Crippen molar-refractivity contribution in [3.8, 4) is 11.1 Å². The fourth-order valence-electron chi connectivity index (χ4n) is 3.38. The monoisotopic (exact) mass is 309 g/mol. The topological polar surface area (TPSA) is 46.1 Å². The molecule has 0 aliphatic carbocycles. The molecule has 2 aromatic rings. The lowest BCUT2D eigenvalue weighted by Crippen LogP contribution is -2.39. The first kappa shape index (κ1) is 15.7. The average Bonchev–Trinajstić information content (AvgIpc) is 2.54. The molecule has 1 aliphatic rings. The van der Waals surface area contributed by atoms with Crippen molar-refractivity contribution in [3.63, 3.8) is 0 Å². The Hall–Kier alpha value is -2.23. The molecular weight excluding hydrogens is 286 g/mol. The van der Waals surface area contributed by atoms with Crippen molar-refractivity contribution in [1.82, 2.24) is 9.97 Å². The van der Waals surface area contributed by atoms with Gasteiger partial charge in [-0.15, -0.1) is 0 Å². The second kappa shape index (κ2) is 6.49. The van der Waals surface area contributed by atoms with Crippen LogP contribution < -0.4 is 4.90 Å². The Balaban J connectivity index is 1.82. The van der Waals surface area contributed by atoms with Gasteiger partial charge in [-0.25, -0.2) is 9.97 Å². The van der Waals surface area contributed by atoms with Crippen LogP contribution in [0.15, 0.2) is 36.7 Å². The number of hydrogen-bond donors (Lipinski definition) is 0. The highest BCUT2D eigenvalue weighted by atomic mass is 16.1. The SMILES string of the molecule is CC(=O)c1cccc(-c2cnc(N3CC(C)CC(C)C3)nc2)c1. The molecule has 1 aromatic heterocycles. The largest absolute Gasteiger partial charge is 0.340 e. The molecule has 3 rings (SSSR count). The summed E-state index contributed by atoms with van der Waals surface area (Å²) in [5, 5.41) is 0. The van der Waals surface area contributed by atoms with E-state index < -0.39 is 0 Å². The van der Waals surface area contributed by atoms with E-state index in [0.29, 0.717) is 17.4 Å². The zero-order valence-electron chi connectivity index (χ0n) is 14.0. The molecule has 4 nitrogen and oxygen atoms in total. The lowest BCUT2D eigenvalue weighted by molar-refractivity contribution is 0.101. The standard InChI is InChI=1S/C19H23N3O/c1-13-7-14(2)12-22(11-13)19-20-9-18(10-21-19)17-6-4-5-16(8-17)15(3)23/h4-6,8-10,13-14H,7,11-12H2,1-3H3. The van der Waals surface area contributed by atoms with Crippen LogP contribution in [0.25, 0.3) is 11.1 Å². The summed E-state index contributed by atoms with van der Waals surface area (Å²) in [6.45, 7) is 8.18. The predicted octanol–water partition coefficient (Wildman–Crippen LogP) is 3.83. The van der Waals surface area contributed by atoms with Gasteiger partial charge in [0.15, 0.2) is 5.78 Å². The highest BCUT2D eigenvalue weighted by Gasteiger charge is 2.23. The summed E-state index contributed by atoms with van der Waals surface area (Å²) < 4.78 is 0. The lowest BCUT2D eigenvalue weighted by Gasteiger charge is -2.34. The van der Waals surface area contributed by atoms with Crippen molar-refractivity contribution in [2.45, 2.75) is 27.2 Å². The predicted molar refractivity (Wildman–Crippen MR) is 92.6 cm³/mol. The van der Waals surface area contributed by atoms with Crippen LogP contribution in [0, 0.1) is 11.8 Å². The van der Waals surface area contributed by atoms with Crippen LogP contribution >= 0.6 is 0 Å². The molecule has 2 atom stereocenters. The summed E-state index contributed by atoms with van der Waals surface area (Å²) in [7, 11) is 0. The fourth-order valence-corrected chi connectivity index (χ4v) is 3.38. The maximum absolute atomic E-state index is 11.5. The molecule has 1 aliphatic heterocycles. The molecule has 2 unspecified atom stereocenters. The molecule has 0 bridgehead atoms. The van der Waals surface area contributed by atoms with Gasteiger partial charge in [-0.1, -0.05) is 32.0 Å². The molecule has 120 valence electrons. The molecule has 0 saturated carbocycles. The number of piperidine rings is 1. The van der Waals surface area contributed by atoms with Gasteiger partial charge in [-0.2, -0.15) is 0 Å². The first-order chi connectivity index (χ1) is 11.0. The number of carbonyl (C=O) groups excluding carboxylic acids is 1. The molecule has 1 aromatic carbocycles. The van der Waals surface area contributed by atoms with Crippen molar-refractivity contribution in [1.29, 1.82) is 0 Å². The molecule has 1 fully saturated rings. The maximum atomic E-state index is 11.5. The number of anilines is 1. The number of Topliss-reactive ketones (excluding diaryl/α,β-unsaturated/α-hetero) is 1. The third kappa shape index (κ3) is 3.58. The van der Waals surface area contributed by atoms with Gasteiger partial charge >= 0.3 is 0 Å². The van der Waals surface area contributed by atoms with Crippen LogP contribution in [-0.2, 0) is 0 Å². The summed E-state index contributed by atoms with van der Waals surface area (Å²) in [6, 6.07) is 7.60. The number of ketones is 1. The van der Waals surface area contributed by atoms with Crippen LogP contribution in [0.3, 0.4) is 0 Å². The molecular formula is C19H23N3O. The Labute approximate surface area is 137 Å². The van der Waals surface area contributed by atoms with Crippen molar-refractivity contribution in [3.05, 3.63) is 42.2 Å². The minimum absolute atomic E-state index is 0.0701. The normalized spacial score (nSPS) is 21.3. The first-order valence-electron chi connectivity index (χ1n) is 8.21. The van der Waals surface area contributed by atoms with Gasteiger partial charge in [0.1, 0.15) is 0 Å². The Morgan fingerprint density at radius 3 is 2.35 bits per heavy atom. The summed E-state index contributed by atoms with van der Waals surface area (Å²) in [5.74, 6) is 2.22. The Morgan fingerprint density at radius 2 is 1.74 bits per heavy atom. The van der Waals surface area contributed by atoms with Gasteiger partial charge in [0.2, 0.25) is 5.95 Å². The van der Waals surface area contributed by atoms with E-state index in [-0.39, 0.29) is 5.78 Å². The summed E-state index contributed by atoms with van der Waals surface area (Å²) in [4.78, 5) is 22.9. The zero-order chi connectivity index (χ0) is 16.4. The number of benzene rings is 1. The van der Waals surface area contributed by atoms with Gasteiger partial charge in [0.05, 0.1) is 0 Å². The van der Waals surface area contributed by atoms with Gasteiger partial charge in [0.25, 0.3) is 0 Å². The van der Waals surface area contributed by atoms with E-state index in [0.717, 1.165) is 30.2 Å². The van der Waals surface area contributed by atoms with Crippen molar-refractivity contribution < 1.29 is 4.79 Å². The van der Waals surface area contributed by atoms with Crippen molar-refractivity contribution in [2.75, 3.05) is 18.0 Å². The Bertz CT molecular complexity index is 686. The highest BCUT2D eigenvalue weighted by Crippen LogP contribution is 2.25. The third-order valence-electron chi connectivity index (χ3n) is 4.39. The summed E-state index contributed by atoms with van der Waals surface area (Å²) in [6.07, 6.45) is 4.98. The first-order valence-corrected chi connectivity index (χ1v) is 8.21. The smallest absolute Gasteiger partial charge is 0.225 e. The van der Waals surface area contributed by atoms with E-state index in [1.165, 1.54) is 6.42 Å². The molecule has 0 spiro atoms. The minimum atomic E-state index is 0.0701. The minimum Gasteiger partial charge on any atom is -0.340 e. The van der Waals surface area contributed by atoms with Gasteiger partial charge in [-0.3, -0.25) is 4.79 Å². The molecule has 1 saturated heterocycles. The second-order valence-electron chi connectivity index (χ2n) is 6.76. The third-order valence-corrected chi connectivity index (χ3v) is 4.39. The zero-order valence-corrected chi connectivity index (χ0v) is 14.0. The molecule has 4 heteroatoms. The van der Waals surface area contributed by atoms with Crippen LogP contribution in [0.5, 0.6) is 0 Å². The van der Waals surface area contributed by atoms with E-state index >= 15 is 0 Å². The quantitative estimate of drug-likeness (QED) is 0.808. The van der Waals surface area contributed by atoms with Crippen LogP contribution in [0.2, 0.25) is 0 Å². The summed E-state index contributed by atoms with van der Waals surface area (Å²) >= 11 is 0. The number of carbonyl (C=O) groups is 1. The Kier molecular flexibility index (Phi) is 4.42. The molecule has 0 radical (unpaired) electrons. The van der Waals surface area contributed by atoms with Gasteiger partial charge < -0.3 is 4.90 Å². The Morgan fingerprint density at radius 1 is 1.09 bits per heavy atom. The highest BCUT2D eigenvalue weighted by molar-refractivity contribution is 5.95. The number of aromatic nitrogens is 2. The van der Waals surface area contributed by atoms with E-state index in [1.807, 2.05) is 36.7 Å². The van der Waals surface area contributed by atoms with E-state index in [4.69, 9.17) is 0 Å². The van der Waals surface area contributed by atoms with Crippen molar-refractivity contribution >= 4 is 11.7 Å². The second-order valence-corrected chi connectivity index (χ2v) is 6.76. The van der Waals surface area contributed by atoms with Crippen LogP contribution in [-0.4, -0.2) is 28.8 Å². The van der Waals surface area contributed by atoms with Gasteiger partial charge in [-0.05, 0) is 36.8 Å². The molecule has 23 heavy (non-hydrogen) atoms. The van der Waals surface area contributed by atoms with E-state index in [1.54, 1.807) is 6.92 Å². The van der Waals surface area contributed by atoms with E-state index in [2.05, 4.69) is 28.7 Å². The summed E-state index contributed by atoms with van der Waals surface area (Å²) in [5.41, 5.74) is 2.63. The molecule has 2 heterocycles. The average molecular weight is 309 g/mol. The molecule has 0 amide bonds. The number of hydrogen-bond acceptors (Lipinski definition) is 4. The lowest BCUT2D eigenvalue weighted by atomic mass is 9.92. The van der Waals surface area contributed by atoms with Crippen LogP contribution in [0.1, 0.15) is 37.6 Å². The number of nitrogens with zero attached hydrogens (tertiary/aromatic N) is 3. The van der Waals surface area contributed by atoms with Crippen LogP contribution in [0.4, 0.5) is 5.95 Å². The number of rotatable bonds is 3. The van der Waals surface area contributed by atoms with Crippen molar-refractivity contribution in [2.24, 2.45) is 11.8 Å². The molecule has 0 N–H and O–H groups in total. The van der Waals surface area contributed by atoms with Gasteiger partial charge in [0, 0.05) is 36.6 Å². The fraction of sp³-hybridized carbons (Fsp3) is 0.421.